The van der Waals surface area contributed by atoms with Crippen LogP contribution in [0.3, 0.4) is 0 Å². The van der Waals surface area contributed by atoms with Crippen molar-refractivity contribution >= 4 is 15.9 Å². The Kier molecular flexibility index (Phi) is 6.11. The largest absolute Gasteiger partial charge is 0.306 e. The van der Waals surface area contributed by atoms with E-state index in [-0.39, 0.29) is 17.0 Å². The normalized spacial score (nSPS) is 12.6. The Labute approximate surface area is 146 Å². The standard InChI is InChI=1S/C17H21N3O4S/c1-3-13(2)14-7-9-15(10-8-14)25(23,24)19-18-16(21)12-20-11-5-4-6-17(20)22/h4-11,13,19H,3,12H2,1-2H3,(H,18,21)/t13-/m0/s1. The third-order valence-corrected chi connectivity index (χ3v) is 5.17. The summed E-state index contributed by atoms with van der Waals surface area (Å²) in [7, 11) is -3.88. The molecule has 0 fully saturated rings. The van der Waals surface area contributed by atoms with Crippen molar-refractivity contribution < 1.29 is 13.2 Å². The van der Waals surface area contributed by atoms with E-state index in [0.717, 1.165) is 12.0 Å². The number of hydrazine groups is 1. The molecule has 2 aromatic rings. The predicted molar refractivity (Wildman–Crippen MR) is 94.3 cm³/mol. The van der Waals surface area contributed by atoms with E-state index in [1.54, 1.807) is 24.3 Å². The molecule has 0 bridgehead atoms. The molecule has 1 amide bonds. The molecule has 0 aliphatic heterocycles. The number of nitrogens with one attached hydrogen (secondary N) is 2. The van der Waals surface area contributed by atoms with Gasteiger partial charge in [-0.15, -0.1) is 4.83 Å². The molecule has 25 heavy (non-hydrogen) atoms. The summed E-state index contributed by atoms with van der Waals surface area (Å²) in [5.74, 6) is -0.304. The molecule has 1 aromatic heterocycles. The first-order valence-corrected chi connectivity index (χ1v) is 9.38. The number of rotatable bonds is 7. The van der Waals surface area contributed by atoms with Gasteiger partial charge in [-0.25, -0.2) is 8.42 Å². The summed E-state index contributed by atoms with van der Waals surface area (Å²) in [5, 5.41) is 0. The van der Waals surface area contributed by atoms with Gasteiger partial charge in [-0.2, -0.15) is 0 Å². The van der Waals surface area contributed by atoms with Crippen molar-refractivity contribution in [1.29, 1.82) is 0 Å². The number of benzene rings is 1. The molecule has 0 aliphatic carbocycles. The van der Waals surface area contributed by atoms with Crippen molar-refractivity contribution in [2.75, 3.05) is 0 Å². The maximum atomic E-state index is 12.2. The zero-order valence-corrected chi connectivity index (χ0v) is 14.9. The van der Waals surface area contributed by atoms with E-state index < -0.39 is 15.9 Å². The van der Waals surface area contributed by atoms with Crippen LogP contribution in [0.4, 0.5) is 0 Å². The summed E-state index contributed by atoms with van der Waals surface area (Å²) in [5.41, 5.74) is 2.81. The van der Waals surface area contributed by atoms with Gasteiger partial charge < -0.3 is 4.57 Å². The van der Waals surface area contributed by atoms with E-state index in [9.17, 15) is 18.0 Å². The van der Waals surface area contributed by atoms with Crippen LogP contribution in [0, 0.1) is 0 Å². The number of amides is 1. The van der Waals surface area contributed by atoms with Crippen LogP contribution in [0.25, 0.3) is 0 Å². The van der Waals surface area contributed by atoms with Gasteiger partial charge in [-0.1, -0.05) is 32.0 Å². The quantitative estimate of drug-likeness (QED) is 0.726. The number of aromatic nitrogens is 1. The summed E-state index contributed by atoms with van der Waals surface area (Å²) in [4.78, 5) is 25.4. The van der Waals surface area contributed by atoms with Gasteiger partial charge in [0, 0.05) is 12.3 Å². The Balaban J connectivity index is 2.00. The van der Waals surface area contributed by atoms with Crippen molar-refractivity contribution in [2.45, 2.75) is 37.6 Å². The van der Waals surface area contributed by atoms with Gasteiger partial charge in [0.05, 0.1) is 4.90 Å². The summed E-state index contributed by atoms with van der Waals surface area (Å²) < 4.78 is 25.6. The van der Waals surface area contributed by atoms with Crippen LogP contribution in [0.2, 0.25) is 0 Å². The SMILES string of the molecule is CC[C@H](C)c1ccc(S(=O)(=O)NNC(=O)Cn2ccccc2=O)cc1. The van der Waals surface area contributed by atoms with Gasteiger partial charge in [0.25, 0.3) is 21.5 Å². The van der Waals surface area contributed by atoms with E-state index >= 15 is 0 Å². The first-order valence-electron chi connectivity index (χ1n) is 7.89. The first kappa shape index (κ1) is 18.9. The Hall–Kier alpha value is -2.45. The molecule has 8 heteroatoms. The lowest BCUT2D eigenvalue weighted by Gasteiger charge is -2.11. The lowest BCUT2D eigenvalue weighted by Crippen LogP contribution is -2.44. The Morgan fingerprint density at radius 3 is 2.44 bits per heavy atom. The Morgan fingerprint density at radius 1 is 1.16 bits per heavy atom. The topological polar surface area (TPSA) is 97.3 Å². The molecule has 7 nitrogen and oxygen atoms in total. The molecular formula is C17H21N3O4S. The zero-order valence-electron chi connectivity index (χ0n) is 14.1. The maximum absolute atomic E-state index is 12.2. The van der Waals surface area contributed by atoms with Gasteiger partial charge in [0.1, 0.15) is 6.54 Å². The van der Waals surface area contributed by atoms with E-state index in [4.69, 9.17) is 0 Å². The fourth-order valence-corrected chi connectivity index (χ4v) is 3.04. The molecule has 0 spiro atoms. The van der Waals surface area contributed by atoms with Gasteiger partial charge in [-0.05, 0) is 36.1 Å². The van der Waals surface area contributed by atoms with Crippen LogP contribution >= 0.6 is 0 Å². The second-order valence-corrected chi connectivity index (χ2v) is 7.38. The fraction of sp³-hybridized carbons (Fsp3) is 0.294. The van der Waals surface area contributed by atoms with Crippen LogP contribution in [0.1, 0.15) is 31.7 Å². The van der Waals surface area contributed by atoms with Crippen molar-refractivity contribution in [2.24, 2.45) is 0 Å². The minimum atomic E-state index is -3.88. The van der Waals surface area contributed by atoms with Crippen molar-refractivity contribution in [3.05, 3.63) is 64.6 Å². The second-order valence-electron chi connectivity index (χ2n) is 5.70. The Morgan fingerprint density at radius 2 is 1.84 bits per heavy atom. The summed E-state index contributed by atoms with van der Waals surface area (Å²) in [6, 6.07) is 11.0. The van der Waals surface area contributed by atoms with Crippen LogP contribution in [0.15, 0.2) is 58.4 Å². The van der Waals surface area contributed by atoms with Crippen LogP contribution < -0.4 is 15.8 Å². The average molecular weight is 363 g/mol. The predicted octanol–water partition coefficient (Wildman–Crippen LogP) is 1.37. The summed E-state index contributed by atoms with van der Waals surface area (Å²) >= 11 is 0. The lowest BCUT2D eigenvalue weighted by atomic mass is 9.99. The minimum absolute atomic E-state index is 0.0525. The molecule has 0 radical (unpaired) electrons. The summed E-state index contributed by atoms with van der Waals surface area (Å²) in [6.45, 7) is 3.84. The van der Waals surface area contributed by atoms with E-state index in [0.29, 0.717) is 5.92 Å². The lowest BCUT2D eigenvalue weighted by molar-refractivity contribution is -0.122. The second kappa shape index (κ2) is 8.09. The molecule has 1 heterocycles. The number of carbonyl (C=O) groups is 1. The van der Waals surface area contributed by atoms with Crippen molar-refractivity contribution in [1.82, 2.24) is 14.8 Å². The number of hydrogen-bond donors (Lipinski definition) is 2. The monoisotopic (exact) mass is 363 g/mol. The number of nitrogens with zero attached hydrogens (tertiary/aromatic N) is 1. The van der Waals surface area contributed by atoms with Crippen LogP contribution in [0.5, 0.6) is 0 Å². The molecule has 1 atom stereocenters. The molecule has 0 saturated heterocycles. The number of pyridine rings is 1. The first-order chi connectivity index (χ1) is 11.8. The highest BCUT2D eigenvalue weighted by Crippen LogP contribution is 2.20. The Bertz CT molecular complexity index is 889. The zero-order chi connectivity index (χ0) is 18.4. The average Bonchev–Trinajstić information content (AvgIpc) is 2.61. The molecule has 1 aromatic carbocycles. The minimum Gasteiger partial charge on any atom is -0.306 e. The van der Waals surface area contributed by atoms with Crippen molar-refractivity contribution in [3.63, 3.8) is 0 Å². The number of carbonyl (C=O) groups excluding carboxylic acids is 1. The number of sulfonamides is 1. The number of hydrogen-bond acceptors (Lipinski definition) is 4. The highest BCUT2D eigenvalue weighted by molar-refractivity contribution is 7.89. The third-order valence-electron chi connectivity index (χ3n) is 3.91. The summed E-state index contributed by atoms with van der Waals surface area (Å²) in [6.07, 6.45) is 2.41. The van der Waals surface area contributed by atoms with Gasteiger partial charge >= 0.3 is 0 Å². The maximum Gasteiger partial charge on any atom is 0.257 e. The van der Waals surface area contributed by atoms with E-state index in [1.165, 1.54) is 29.0 Å². The molecule has 2 N–H and O–H groups in total. The smallest absolute Gasteiger partial charge is 0.257 e. The molecular weight excluding hydrogens is 342 g/mol. The molecule has 0 unspecified atom stereocenters. The van der Waals surface area contributed by atoms with E-state index in [2.05, 4.69) is 19.3 Å². The highest BCUT2D eigenvalue weighted by Gasteiger charge is 2.16. The van der Waals surface area contributed by atoms with Gasteiger partial charge in [-0.3, -0.25) is 15.0 Å². The van der Waals surface area contributed by atoms with E-state index in [1.807, 2.05) is 4.83 Å². The fourth-order valence-electron chi connectivity index (χ4n) is 2.18. The third kappa shape index (κ3) is 5.01. The van der Waals surface area contributed by atoms with Crippen LogP contribution in [-0.2, 0) is 21.4 Å². The van der Waals surface area contributed by atoms with Gasteiger partial charge in [0.2, 0.25) is 0 Å². The molecule has 134 valence electrons. The molecule has 0 saturated carbocycles. The highest BCUT2D eigenvalue weighted by atomic mass is 32.2. The molecule has 0 aliphatic rings. The molecule has 2 rings (SSSR count). The van der Waals surface area contributed by atoms with Gasteiger partial charge in [0.15, 0.2) is 0 Å². The van der Waals surface area contributed by atoms with Crippen LogP contribution in [-0.4, -0.2) is 18.9 Å². The van der Waals surface area contributed by atoms with Crippen molar-refractivity contribution in [3.8, 4) is 0 Å².